The summed E-state index contributed by atoms with van der Waals surface area (Å²) in [7, 11) is 0. The molecule has 0 aliphatic rings. The number of hydrogen-bond donors (Lipinski definition) is 2. The summed E-state index contributed by atoms with van der Waals surface area (Å²) in [5.41, 5.74) is 0.682. The highest BCUT2D eigenvalue weighted by Gasteiger charge is 2.37. The van der Waals surface area contributed by atoms with Crippen LogP contribution in [0.3, 0.4) is 0 Å². The molecule has 0 aliphatic heterocycles. The first kappa shape index (κ1) is 21.1. The SMILES string of the molecule is O=C(Nc1ccc(Br)cc1)N[C@H](OC(=O)c1ccc(Cl)cc1)C(Cl)(Cl)Cl. The van der Waals surface area contributed by atoms with Gasteiger partial charge in [0.05, 0.1) is 5.56 Å². The average molecular weight is 501 g/mol. The minimum Gasteiger partial charge on any atom is -0.433 e. The molecule has 0 aromatic heterocycles. The van der Waals surface area contributed by atoms with Gasteiger partial charge in [0.25, 0.3) is 0 Å². The first-order chi connectivity index (χ1) is 12.1. The molecular weight excluding hydrogens is 490 g/mol. The smallest absolute Gasteiger partial charge is 0.340 e. The van der Waals surface area contributed by atoms with Gasteiger partial charge >= 0.3 is 12.0 Å². The number of ether oxygens (including phenoxy) is 1. The van der Waals surface area contributed by atoms with Crippen molar-refractivity contribution in [1.29, 1.82) is 0 Å². The summed E-state index contributed by atoms with van der Waals surface area (Å²) in [4.78, 5) is 24.3. The van der Waals surface area contributed by atoms with Gasteiger partial charge < -0.3 is 10.1 Å². The van der Waals surface area contributed by atoms with E-state index in [-0.39, 0.29) is 5.56 Å². The number of amides is 2. The lowest BCUT2D eigenvalue weighted by Crippen LogP contribution is -2.48. The van der Waals surface area contributed by atoms with E-state index in [4.69, 9.17) is 51.1 Å². The number of nitrogens with one attached hydrogen (secondary N) is 2. The molecule has 0 aliphatic carbocycles. The minimum atomic E-state index is -2.08. The highest BCUT2D eigenvalue weighted by molar-refractivity contribution is 9.10. The molecule has 1 atom stereocenters. The number of alkyl halides is 3. The average Bonchev–Trinajstić information content (AvgIpc) is 2.56. The van der Waals surface area contributed by atoms with Gasteiger partial charge in [0.1, 0.15) is 0 Å². The van der Waals surface area contributed by atoms with Gasteiger partial charge in [0.2, 0.25) is 10.0 Å². The summed E-state index contributed by atoms with van der Waals surface area (Å²) in [6, 6.07) is 12.0. The predicted octanol–water partition coefficient (Wildman–Crippen LogP) is 5.78. The van der Waals surface area contributed by atoms with E-state index in [1.54, 1.807) is 24.3 Å². The molecule has 0 saturated carbocycles. The lowest BCUT2D eigenvalue weighted by molar-refractivity contribution is 0.0261. The fourth-order valence-electron chi connectivity index (χ4n) is 1.76. The Balaban J connectivity index is 2.04. The molecule has 0 bridgehead atoms. The van der Waals surface area contributed by atoms with Crippen LogP contribution in [0.1, 0.15) is 10.4 Å². The number of carbonyl (C=O) groups excluding carboxylic acids is 2. The maximum atomic E-state index is 12.2. The standard InChI is InChI=1S/C16H11BrCl4N2O3/c17-10-3-7-12(8-4-10)22-15(25)23-14(16(19,20)21)26-13(24)9-1-5-11(18)6-2-9/h1-8,14H,(H2,22,23,25)/t14-/m1/s1. The monoisotopic (exact) mass is 498 g/mol. The van der Waals surface area contributed by atoms with E-state index in [2.05, 4.69) is 26.6 Å². The number of halogens is 5. The first-order valence-corrected chi connectivity index (χ1v) is 9.32. The molecule has 2 rings (SSSR count). The topological polar surface area (TPSA) is 67.4 Å². The van der Waals surface area contributed by atoms with E-state index in [0.717, 1.165) is 4.47 Å². The van der Waals surface area contributed by atoms with Crippen LogP contribution in [0.5, 0.6) is 0 Å². The number of carbonyl (C=O) groups is 2. The normalized spacial score (nSPS) is 12.2. The van der Waals surface area contributed by atoms with E-state index < -0.39 is 22.0 Å². The van der Waals surface area contributed by atoms with Crippen molar-refractivity contribution in [3.63, 3.8) is 0 Å². The van der Waals surface area contributed by atoms with Crippen molar-refractivity contribution < 1.29 is 14.3 Å². The molecule has 0 radical (unpaired) electrons. The molecule has 0 heterocycles. The summed E-state index contributed by atoms with van der Waals surface area (Å²) in [6.45, 7) is 0. The van der Waals surface area contributed by atoms with Crippen LogP contribution in [-0.2, 0) is 4.74 Å². The Hall–Kier alpha value is -1.18. The minimum absolute atomic E-state index is 0.184. The Labute approximate surface area is 178 Å². The van der Waals surface area contributed by atoms with Gasteiger partial charge in [-0.3, -0.25) is 5.32 Å². The maximum absolute atomic E-state index is 12.2. The second-order valence-electron chi connectivity index (χ2n) is 4.94. The Morgan fingerprint density at radius 2 is 1.58 bits per heavy atom. The highest BCUT2D eigenvalue weighted by atomic mass is 79.9. The van der Waals surface area contributed by atoms with Crippen LogP contribution in [0.15, 0.2) is 53.0 Å². The first-order valence-electron chi connectivity index (χ1n) is 7.01. The van der Waals surface area contributed by atoms with Crippen molar-refractivity contribution in [2.75, 3.05) is 5.32 Å². The molecule has 0 fully saturated rings. The number of benzene rings is 2. The Bertz CT molecular complexity index is 780. The van der Waals surface area contributed by atoms with Crippen molar-refractivity contribution >= 4 is 80.0 Å². The fraction of sp³-hybridized carbons (Fsp3) is 0.125. The molecule has 0 saturated heterocycles. The van der Waals surface area contributed by atoms with Crippen molar-refractivity contribution in [3.05, 3.63) is 63.6 Å². The molecule has 0 unspecified atom stereocenters. The summed E-state index contributed by atoms with van der Waals surface area (Å²) >= 11 is 26.5. The molecule has 2 aromatic carbocycles. The number of rotatable bonds is 4. The van der Waals surface area contributed by atoms with E-state index in [1.807, 2.05) is 0 Å². The second kappa shape index (κ2) is 9.15. The van der Waals surface area contributed by atoms with Gasteiger partial charge in [0, 0.05) is 15.2 Å². The van der Waals surface area contributed by atoms with Gasteiger partial charge in [-0.1, -0.05) is 62.3 Å². The van der Waals surface area contributed by atoms with Crippen LogP contribution >= 0.6 is 62.3 Å². The summed E-state index contributed by atoms with van der Waals surface area (Å²) in [5.74, 6) is -0.790. The maximum Gasteiger partial charge on any atom is 0.340 e. The van der Waals surface area contributed by atoms with Crippen LogP contribution in [0.25, 0.3) is 0 Å². The summed E-state index contributed by atoms with van der Waals surface area (Å²) < 4.78 is 3.87. The van der Waals surface area contributed by atoms with Gasteiger partial charge in [-0.2, -0.15) is 0 Å². The van der Waals surface area contributed by atoms with E-state index >= 15 is 0 Å². The van der Waals surface area contributed by atoms with E-state index in [9.17, 15) is 9.59 Å². The third kappa shape index (κ3) is 6.52. The number of anilines is 1. The quantitative estimate of drug-likeness (QED) is 0.318. The van der Waals surface area contributed by atoms with Crippen LogP contribution in [0.4, 0.5) is 10.5 Å². The molecule has 10 heteroatoms. The highest BCUT2D eigenvalue weighted by Crippen LogP contribution is 2.31. The third-order valence-corrected chi connectivity index (χ3v) is 4.34. The van der Waals surface area contributed by atoms with Crippen LogP contribution in [0.2, 0.25) is 5.02 Å². The Kier molecular flexibility index (Phi) is 7.43. The van der Waals surface area contributed by atoms with Crippen molar-refractivity contribution in [2.24, 2.45) is 0 Å². The predicted molar refractivity (Wildman–Crippen MR) is 107 cm³/mol. The molecular formula is C16H11BrCl4N2O3. The lowest BCUT2D eigenvalue weighted by Gasteiger charge is -2.25. The second-order valence-corrected chi connectivity index (χ2v) is 8.66. The van der Waals surface area contributed by atoms with E-state index in [1.165, 1.54) is 24.3 Å². The van der Waals surface area contributed by atoms with Crippen LogP contribution in [0, 0.1) is 0 Å². The number of urea groups is 1. The zero-order valence-electron chi connectivity index (χ0n) is 12.8. The molecule has 0 spiro atoms. The Morgan fingerprint density at radius 3 is 2.12 bits per heavy atom. The van der Waals surface area contributed by atoms with Crippen molar-refractivity contribution in [1.82, 2.24) is 5.32 Å². The fourth-order valence-corrected chi connectivity index (χ4v) is 2.45. The van der Waals surface area contributed by atoms with Gasteiger partial charge in [-0.05, 0) is 48.5 Å². The summed E-state index contributed by atoms with van der Waals surface area (Å²) in [5, 5.41) is 5.29. The molecule has 5 nitrogen and oxygen atoms in total. The lowest BCUT2D eigenvalue weighted by atomic mass is 10.2. The van der Waals surface area contributed by atoms with Crippen LogP contribution in [-0.4, -0.2) is 22.0 Å². The third-order valence-electron chi connectivity index (χ3n) is 2.97. The zero-order valence-corrected chi connectivity index (χ0v) is 17.4. The van der Waals surface area contributed by atoms with Crippen molar-refractivity contribution in [3.8, 4) is 0 Å². The molecule has 2 aromatic rings. The molecule has 2 amide bonds. The van der Waals surface area contributed by atoms with Crippen LogP contribution < -0.4 is 10.6 Å². The number of esters is 1. The van der Waals surface area contributed by atoms with Gasteiger partial charge in [-0.25, -0.2) is 9.59 Å². The zero-order chi connectivity index (χ0) is 19.3. The summed E-state index contributed by atoms with van der Waals surface area (Å²) in [6.07, 6.45) is -1.52. The molecule has 2 N–H and O–H groups in total. The molecule has 138 valence electrons. The Morgan fingerprint density at radius 1 is 1.00 bits per heavy atom. The number of hydrogen-bond acceptors (Lipinski definition) is 3. The van der Waals surface area contributed by atoms with Gasteiger partial charge in [-0.15, -0.1) is 0 Å². The van der Waals surface area contributed by atoms with Gasteiger partial charge in [0.15, 0.2) is 0 Å². The molecule has 26 heavy (non-hydrogen) atoms. The van der Waals surface area contributed by atoms with Crippen molar-refractivity contribution in [2.45, 2.75) is 10.0 Å². The largest absolute Gasteiger partial charge is 0.433 e. The van der Waals surface area contributed by atoms with E-state index in [0.29, 0.717) is 10.7 Å².